The van der Waals surface area contributed by atoms with Crippen LogP contribution in [0.3, 0.4) is 0 Å². The SMILES string of the molecule is CNC(=O)c1cnc(N2CCN(C3CCN(Cc4cccc(C)c4)CC3)[C@@H](C)C2)c(Cl)c1.[HH]. The third-order valence-corrected chi connectivity index (χ3v) is 7.08. The number of carbonyl (C=O) groups excluding carboxylic acids is 1. The minimum Gasteiger partial charge on any atom is -0.355 e. The monoisotopic (exact) mass is 457 g/mol. The Morgan fingerprint density at radius 2 is 2.00 bits per heavy atom. The second-order valence-electron chi connectivity index (χ2n) is 9.14. The molecular formula is C25H36ClN5O. The van der Waals surface area contributed by atoms with Gasteiger partial charge >= 0.3 is 0 Å². The van der Waals surface area contributed by atoms with Crippen molar-refractivity contribution in [1.82, 2.24) is 20.1 Å². The molecule has 0 unspecified atom stereocenters. The summed E-state index contributed by atoms with van der Waals surface area (Å²) in [4.78, 5) is 23.9. The molecule has 1 aromatic carbocycles. The number of carbonyl (C=O) groups is 1. The Hall–Kier alpha value is -2.15. The summed E-state index contributed by atoms with van der Waals surface area (Å²) in [7, 11) is 1.61. The molecule has 2 aromatic rings. The number of halogens is 1. The number of hydrogen-bond donors (Lipinski definition) is 1. The quantitative estimate of drug-likeness (QED) is 0.739. The lowest BCUT2D eigenvalue weighted by atomic mass is 9.99. The summed E-state index contributed by atoms with van der Waals surface area (Å²) in [5.41, 5.74) is 3.24. The Morgan fingerprint density at radius 3 is 2.66 bits per heavy atom. The summed E-state index contributed by atoms with van der Waals surface area (Å²) in [5, 5.41) is 3.15. The average Bonchev–Trinajstić information content (AvgIpc) is 2.79. The maximum atomic E-state index is 11.8. The lowest BCUT2D eigenvalue weighted by Crippen LogP contribution is -2.57. The van der Waals surface area contributed by atoms with E-state index in [9.17, 15) is 4.79 Å². The second kappa shape index (κ2) is 10.2. The smallest absolute Gasteiger partial charge is 0.252 e. The van der Waals surface area contributed by atoms with Gasteiger partial charge < -0.3 is 10.2 Å². The van der Waals surface area contributed by atoms with Crippen LogP contribution in [0.1, 0.15) is 42.7 Å². The van der Waals surface area contributed by atoms with Gasteiger partial charge in [-0.2, -0.15) is 0 Å². The highest BCUT2D eigenvalue weighted by Gasteiger charge is 2.32. The van der Waals surface area contributed by atoms with E-state index >= 15 is 0 Å². The van der Waals surface area contributed by atoms with E-state index < -0.39 is 0 Å². The highest BCUT2D eigenvalue weighted by atomic mass is 35.5. The van der Waals surface area contributed by atoms with Crippen LogP contribution >= 0.6 is 11.6 Å². The van der Waals surface area contributed by atoms with Crippen molar-refractivity contribution in [2.75, 3.05) is 44.7 Å². The molecule has 4 rings (SSSR count). The summed E-state index contributed by atoms with van der Waals surface area (Å²) < 4.78 is 0. The number of piperidine rings is 1. The van der Waals surface area contributed by atoms with Crippen molar-refractivity contribution in [1.29, 1.82) is 0 Å². The van der Waals surface area contributed by atoms with E-state index in [1.165, 1.54) is 24.0 Å². The summed E-state index contributed by atoms with van der Waals surface area (Å²) in [6.45, 7) is 10.6. The number of anilines is 1. The molecule has 3 heterocycles. The number of aryl methyl sites for hydroxylation is 1. The van der Waals surface area contributed by atoms with Gasteiger partial charge in [0.2, 0.25) is 0 Å². The molecule has 0 bridgehead atoms. The zero-order valence-electron chi connectivity index (χ0n) is 19.4. The lowest BCUT2D eigenvalue weighted by molar-refractivity contribution is 0.0690. The molecule has 1 atom stereocenters. The van der Waals surface area contributed by atoms with E-state index in [-0.39, 0.29) is 7.33 Å². The number of nitrogens with one attached hydrogen (secondary N) is 1. The third-order valence-electron chi connectivity index (χ3n) is 6.80. The van der Waals surface area contributed by atoms with Crippen LogP contribution in [0.5, 0.6) is 0 Å². The Kier molecular flexibility index (Phi) is 7.33. The molecule has 174 valence electrons. The number of pyridine rings is 1. The fourth-order valence-electron chi connectivity index (χ4n) is 5.12. The lowest BCUT2D eigenvalue weighted by Gasteiger charge is -2.47. The van der Waals surface area contributed by atoms with Crippen LogP contribution in [0.25, 0.3) is 0 Å². The van der Waals surface area contributed by atoms with E-state index in [1.807, 2.05) is 0 Å². The molecule has 32 heavy (non-hydrogen) atoms. The minimum atomic E-state index is -0.169. The van der Waals surface area contributed by atoms with Gasteiger partial charge in [-0.3, -0.25) is 14.6 Å². The van der Waals surface area contributed by atoms with Crippen LogP contribution in [0.4, 0.5) is 5.82 Å². The van der Waals surface area contributed by atoms with E-state index in [0.717, 1.165) is 45.1 Å². The molecule has 1 aromatic heterocycles. The molecule has 6 nitrogen and oxygen atoms in total. The van der Waals surface area contributed by atoms with Crippen LogP contribution in [-0.2, 0) is 6.54 Å². The van der Waals surface area contributed by atoms with Crippen molar-refractivity contribution in [3.63, 3.8) is 0 Å². The molecule has 1 amide bonds. The first-order chi connectivity index (χ1) is 15.4. The molecule has 2 aliphatic rings. The summed E-state index contributed by atoms with van der Waals surface area (Å²) in [6.07, 6.45) is 4.05. The van der Waals surface area contributed by atoms with Crippen LogP contribution in [0.15, 0.2) is 36.5 Å². The van der Waals surface area contributed by atoms with E-state index in [0.29, 0.717) is 22.7 Å². The van der Waals surface area contributed by atoms with Crippen molar-refractivity contribution in [2.45, 2.75) is 45.3 Å². The summed E-state index contributed by atoms with van der Waals surface area (Å²) in [6, 6.07) is 11.6. The fraction of sp³-hybridized carbons (Fsp3) is 0.520. The van der Waals surface area contributed by atoms with Crippen molar-refractivity contribution in [3.05, 3.63) is 58.2 Å². The highest BCUT2D eigenvalue weighted by molar-refractivity contribution is 6.33. The van der Waals surface area contributed by atoms with Crippen molar-refractivity contribution >= 4 is 23.3 Å². The first-order valence-electron chi connectivity index (χ1n) is 11.6. The summed E-state index contributed by atoms with van der Waals surface area (Å²) in [5.74, 6) is 0.608. The predicted octanol–water partition coefficient (Wildman–Crippen LogP) is 3.82. The second-order valence-corrected chi connectivity index (χ2v) is 9.54. The van der Waals surface area contributed by atoms with Gasteiger partial charge in [0.25, 0.3) is 5.91 Å². The molecule has 0 saturated carbocycles. The first-order valence-corrected chi connectivity index (χ1v) is 12.0. The van der Waals surface area contributed by atoms with Crippen molar-refractivity contribution in [2.24, 2.45) is 0 Å². The predicted molar refractivity (Wildman–Crippen MR) is 133 cm³/mol. The van der Waals surface area contributed by atoms with E-state index in [2.05, 4.69) is 63.1 Å². The number of amides is 1. The number of likely N-dealkylation sites (tertiary alicyclic amines) is 1. The topological polar surface area (TPSA) is 51.7 Å². The molecule has 2 fully saturated rings. The maximum Gasteiger partial charge on any atom is 0.252 e. The standard InChI is InChI=1S/C25H34ClN5O.H2/c1-18-5-4-6-20(13-18)17-29-9-7-22(8-10-29)31-12-11-30(16-19(31)2)24-23(26)14-21(15-28-24)25(32)27-3;/h4-6,13-15,19,22H,7-12,16-17H2,1-3H3,(H,27,32);1H/t19-;/m0./s1. The van der Waals surface area contributed by atoms with Crippen molar-refractivity contribution < 1.29 is 6.22 Å². The van der Waals surface area contributed by atoms with E-state index in [4.69, 9.17) is 11.6 Å². The molecular weight excluding hydrogens is 422 g/mol. The maximum absolute atomic E-state index is 11.8. The van der Waals surface area contributed by atoms with Gasteiger partial charge in [-0.05, 0) is 51.4 Å². The van der Waals surface area contributed by atoms with Gasteiger partial charge in [-0.25, -0.2) is 4.98 Å². The Bertz CT molecular complexity index is 950. The zero-order chi connectivity index (χ0) is 22.7. The largest absolute Gasteiger partial charge is 0.355 e. The van der Waals surface area contributed by atoms with Crippen LogP contribution in [0.2, 0.25) is 5.02 Å². The van der Waals surface area contributed by atoms with Gasteiger partial charge in [0.15, 0.2) is 0 Å². The Morgan fingerprint density at radius 1 is 1.22 bits per heavy atom. The van der Waals surface area contributed by atoms with Crippen LogP contribution in [0, 0.1) is 6.92 Å². The van der Waals surface area contributed by atoms with Gasteiger partial charge in [0, 0.05) is 52.9 Å². The summed E-state index contributed by atoms with van der Waals surface area (Å²) >= 11 is 6.49. The Labute approximate surface area is 198 Å². The molecule has 0 radical (unpaired) electrons. The van der Waals surface area contributed by atoms with Crippen LogP contribution < -0.4 is 10.2 Å². The highest BCUT2D eigenvalue weighted by Crippen LogP contribution is 2.29. The fourth-order valence-corrected chi connectivity index (χ4v) is 5.40. The molecule has 0 aliphatic carbocycles. The number of hydrogen-bond acceptors (Lipinski definition) is 5. The average molecular weight is 458 g/mol. The molecule has 1 N–H and O–H groups in total. The number of rotatable bonds is 5. The molecule has 2 aliphatic heterocycles. The minimum absolute atomic E-state index is 0. The van der Waals surface area contributed by atoms with E-state index in [1.54, 1.807) is 19.3 Å². The normalized spacial score (nSPS) is 21.0. The number of benzene rings is 1. The van der Waals surface area contributed by atoms with Gasteiger partial charge in [-0.15, -0.1) is 0 Å². The Balaban J connectivity index is 0.00000306. The molecule has 2 saturated heterocycles. The van der Waals surface area contributed by atoms with Crippen LogP contribution in [-0.4, -0.2) is 72.5 Å². The zero-order valence-corrected chi connectivity index (χ0v) is 20.1. The molecule has 0 spiro atoms. The van der Waals surface area contributed by atoms with Crippen molar-refractivity contribution in [3.8, 4) is 0 Å². The number of aromatic nitrogens is 1. The molecule has 7 heteroatoms. The third kappa shape index (κ3) is 5.25. The van der Waals surface area contributed by atoms with Gasteiger partial charge in [0.05, 0.1) is 10.6 Å². The number of piperazine rings is 1. The number of nitrogens with zero attached hydrogens (tertiary/aromatic N) is 4. The first kappa shape index (κ1) is 23.0. The van der Waals surface area contributed by atoms with Gasteiger partial charge in [0.1, 0.15) is 5.82 Å². The van der Waals surface area contributed by atoms with Gasteiger partial charge in [-0.1, -0.05) is 41.4 Å².